The molecule has 2 heterocycles. The summed E-state index contributed by atoms with van der Waals surface area (Å²) < 4.78 is 38.8. The molecule has 11 heteroatoms. The Bertz CT molecular complexity index is 691. The maximum Gasteiger partial charge on any atom is 0.433 e. The summed E-state index contributed by atoms with van der Waals surface area (Å²) in [6.45, 7) is 4.81. The second-order valence-corrected chi connectivity index (χ2v) is 7.81. The van der Waals surface area contributed by atoms with Crippen molar-refractivity contribution in [3.8, 4) is 0 Å². The Morgan fingerprint density at radius 1 is 1.03 bits per heavy atom. The van der Waals surface area contributed by atoms with E-state index in [9.17, 15) is 18.0 Å². The number of carbonyl (C=O) groups is 1. The number of carbonyl (C=O) groups excluding carboxylic acids is 1. The zero-order chi connectivity index (χ0) is 20.3. The molecular formula is C19H32F3N5OS2. The molecule has 1 saturated carbocycles. The molecule has 1 aliphatic carbocycles. The summed E-state index contributed by atoms with van der Waals surface area (Å²) in [5.41, 5.74) is -0.0849. The number of amides is 2. The highest BCUT2D eigenvalue weighted by molar-refractivity contribution is 7.59. The van der Waals surface area contributed by atoms with E-state index in [2.05, 4.69) is 20.5 Å². The molecule has 172 valence electrons. The number of urea groups is 1. The van der Waals surface area contributed by atoms with Crippen molar-refractivity contribution < 1.29 is 18.0 Å². The summed E-state index contributed by atoms with van der Waals surface area (Å²) in [7, 11) is 2.05. The van der Waals surface area contributed by atoms with E-state index in [1.807, 2.05) is 11.9 Å². The standard InChI is InChI=1S/C19H28F3N5O.2H2S/c1-13-11-16(12-17(23-13)19(20,21)22)24-14-3-5-15(6-4-14)25-18(28)27-9-7-26(2)8-10-27;;/h11-12,14-15H,3-10H2,1-2H3,(H,23,24)(H,25,28);2*1H2. The van der Waals surface area contributed by atoms with Crippen molar-refractivity contribution in [3.05, 3.63) is 23.5 Å². The number of rotatable bonds is 3. The third-order valence-electron chi connectivity index (χ3n) is 5.46. The van der Waals surface area contributed by atoms with Gasteiger partial charge in [0.25, 0.3) is 0 Å². The van der Waals surface area contributed by atoms with Crippen molar-refractivity contribution in [3.63, 3.8) is 0 Å². The van der Waals surface area contributed by atoms with Gasteiger partial charge in [0.1, 0.15) is 5.69 Å². The molecule has 0 aromatic carbocycles. The number of nitrogens with zero attached hydrogens (tertiary/aromatic N) is 3. The van der Waals surface area contributed by atoms with Crippen LogP contribution in [0, 0.1) is 6.92 Å². The van der Waals surface area contributed by atoms with Crippen LogP contribution in [0.25, 0.3) is 0 Å². The van der Waals surface area contributed by atoms with Crippen LogP contribution in [0.2, 0.25) is 0 Å². The van der Waals surface area contributed by atoms with Gasteiger partial charge in [0.15, 0.2) is 0 Å². The summed E-state index contributed by atoms with van der Waals surface area (Å²) in [5, 5.41) is 6.32. The number of nitrogens with one attached hydrogen (secondary N) is 2. The number of piperazine rings is 1. The van der Waals surface area contributed by atoms with Crippen molar-refractivity contribution in [1.29, 1.82) is 0 Å². The maximum atomic E-state index is 12.9. The number of alkyl halides is 3. The van der Waals surface area contributed by atoms with Crippen LogP contribution in [-0.2, 0) is 6.18 Å². The predicted molar refractivity (Wildman–Crippen MR) is 122 cm³/mol. The van der Waals surface area contributed by atoms with Gasteiger partial charge in [0.2, 0.25) is 0 Å². The molecule has 30 heavy (non-hydrogen) atoms. The first kappa shape index (κ1) is 26.7. The van der Waals surface area contributed by atoms with Crippen LogP contribution >= 0.6 is 27.0 Å². The first-order valence-electron chi connectivity index (χ1n) is 9.77. The van der Waals surface area contributed by atoms with Crippen LogP contribution in [0.15, 0.2) is 12.1 Å². The van der Waals surface area contributed by atoms with Crippen LogP contribution in [-0.4, -0.2) is 66.1 Å². The summed E-state index contributed by atoms with van der Waals surface area (Å²) in [6, 6.07) is 2.91. The Morgan fingerprint density at radius 3 is 2.17 bits per heavy atom. The number of halogens is 3. The lowest BCUT2D eigenvalue weighted by Gasteiger charge is -2.35. The van der Waals surface area contributed by atoms with Gasteiger partial charge in [-0.15, -0.1) is 0 Å². The monoisotopic (exact) mass is 467 g/mol. The van der Waals surface area contributed by atoms with Crippen molar-refractivity contribution in [2.24, 2.45) is 0 Å². The van der Waals surface area contributed by atoms with Crippen molar-refractivity contribution in [1.82, 2.24) is 20.1 Å². The fraction of sp³-hybridized carbons (Fsp3) is 0.684. The summed E-state index contributed by atoms with van der Waals surface area (Å²) in [4.78, 5) is 20.0. The zero-order valence-corrected chi connectivity index (χ0v) is 19.4. The molecule has 0 spiro atoms. The van der Waals surface area contributed by atoms with Crippen LogP contribution < -0.4 is 10.6 Å². The normalized spacial score (nSPS) is 22.5. The largest absolute Gasteiger partial charge is 0.433 e. The molecule has 1 aromatic rings. The maximum absolute atomic E-state index is 12.9. The van der Waals surface area contributed by atoms with Crippen molar-refractivity contribution in [2.75, 3.05) is 38.5 Å². The van der Waals surface area contributed by atoms with Gasteiger partial charge in [-0.1, -0.05) is 0 Å². The second kappa shape index (κ2) is 11.3. The molecule has 3 rings (SSSR count). The molecule has 1 aromatic heterocycles. The van der Waals surface area contributed by atoms with E-state index < -0.39 is 11.9 Å². The minimum absolute atomic E-state index is 0. The first-order chi connectivity index (χ1) is 13.2. The zero-order valence-electron chi connectivity index (χ0n) is 17.4. The molecule has 1 aliphatic heterocycles. The van der Waals surface area contributed by atoms with E-state index >= 15 is 0 Å². The van der Waals surface area contributed by atoms with Gasteiger partial charge in [0.05, 0.1) is 0 Å². The molecule has 2 N–H and O–H groups in total. The predicted octanol–water partition coefficient (Wildman–Crippen LogP) is 3.31. The fourth-order valence-electron chi connectivity index (χ4n) is 3.79. The quantitative estimate of drug-likeness (QED) is 0.716. The summed E-state index contributed by atoms with van der Waals surface area (Å²) in [6.07, 6.45) is -1.22. The van der Waals surface area contributed by atoms with E-state index in [1.54, 1.807) is 13.0 Å². The van der Waals surface area contributed by atoms with Gasteiger partial charge < -0.3 is 20.4 Å². The van der Waals surface area contributed by atoms with Gasteiger partial charge in [0, 0.05) is 49.6 Å². The topological polar surface area (TPSA) is 60.5 Å². The Labute approximate surface area is 189 Å². The molecule has 1 saturated heterocycles. The highest BCUT2D eigenvalue weighted by Crippen LogP contribution is 2.31. The number of hydrogen-bond donors (Lipinski definition) is 2. The van der Waals surface area contributed by atoms with Crippen LogP contribution in [0.4, 0.5) is 23.7 Å². The lowest BCUT2D eigenvalue weighted by atomic mass is 9.91. The van der Waals surface area contributed by atoms with Crippen LogP contribution in [0.1, 0.15) is 37.1 Å². The van der Waals surface area contributed by atoms with E-state index in [0.717, 1.165) is 57.9 Å². The smallest absolute Gasteiger partial charge is 0.382 e. The van der Waals surface area contributed by atoms with Crippen molar-refractivity contribution >= 4 is 38.7 Å². The third kappa shape index (κ3) is 7.42. The molecule has 6 nitrogen and oxygen atoms in total. The molecule has 0 atom stereocenters. The van der Waals surface area contributed by atoms with Gasteiger partial charge in [-0.25, -0.2) is 9.78 Å². The summed E-state index contributed by atoms with van der Waals surface area (Å²) in [5.74, 6) is 0. The van der Waals surface area contributed by atoms with E-state index in [4.69, 9.17) is 0 Å². The average Bonchev–Trinajstić information content (AvgIpc) is 2.62. The van der Waals surface area contributed by atoms with E-state index in [-0.39, 0.29) is 45.1 Å². The highest BCUT2D eigenvalue weighted by Gasteiger charge is 2.33. The fourth-order valence-corrected chi connectivity index (χ4v) is 3.79. The molecular weight excluding hydrogens is 435 g/mol. The number of aromatic nitrogens is 1. The Hall–Kier alpha value is -1.33. The first-order valence-corrected chi connectivity index (χ1v) is 9.77. The van der Waals surface area contributed by atoms with Crippen LogP contribution in [0.3, 0.4) is 0 Å². The van der Waals surface area contributed by atoms with Gasteiger partial charge in [-0.2, -0.15) is 40.2 Å². The van der Waals surface area contributed by atoms with Crippen LogP contribution in [0.5, 0.6) is 0 Å². The number of anilines is 1. The molecule has 0 radical (unpaired) electrons. The number of aryl methyl sites for hydroxylation is 1. The molecule has 2 aliphatic rings. The lowest BCUT2D eigenvalue weighted by Crippen LogP contribution is -2.53. The van der Waals surface area contributed by atoms with Crippen molar-refractivity contribution in [2.45, 2.75) is 50.9 Å². The number of likely N-dealkylation sites (N-methyl/N-ethyl adjacent to an activating group) is 1. The molecule has 0 unspecified atom stereocenters. The Balaban J connectivity index is 0.00000225. The number of pyridine rings is 1. The van der Waals surface area contributed by atoms with Gasteiger partial charge >= 0.3 is 12.2 Å². The molecule has 0 bridgehead atoms. The number of hydrogen-bond acceptors (Lipinski definition) is 4. The van der Waals surface area contributed by atoms with Gasteiger partial charge in [-0.05, 0) is 51.8 Å². The van der Waals surface area contributed by atoms with Gasteiger partial charge in [-0.3, -0.25) is 0 Å². The van der Waals surface area contributed by atoms with E-state index in [0.29, 0.717) is 11.4 Å². The minimum atomic E-state index is -4.45. The third-order valence-corrected chi connectivity index (χ3v) is 5.46. The van der Waals surface area contributed by atoms with E-state index in [1.165, 1.54) is 0 Å². The Morgan fingerprint density at radius 2 is 1.60 bits per heavy atom. The molecule has 2 fully saturated rings. The highest BCUT2D eigenvalue weighted by atomic mass is 32.1. The second-order valence-electron chi connectivity index (χ2n) is 7.81. The minimum Gasteiger partial charge on any atom is -0.382 e. The average molecular weight is 468 g/mol. The Kier molecular flexibility index (Phi) is 10.1. The molecule has 2 amide bonds. The SMILES string of the molecule is Cc1cc(NC2CCC(NC(=O)N3CCN(C)CC3)CC2)cc(C(F)(F)F)n1.S.S. The lowest BCUT2D eigenvalue weighted by molar-refractivity contribution is -0.141. The summed E-state index contributed by atoms with van der Waals surface area (Å²) >= 11 is 0.